The summed E-state index contributed by atoms with van der Waals surface area (Å²) in [4.78, 5) is 4.18. The molecule has 0 saturated heterocycles. The Balaban J connectivity index is 2.22. The lowest BCUT2D eigenvalue weighted by Crippen LogP contribution is -2.27. The number of pyridine rings is 1. The summed E-state index contributed by atoms with van der Waals surface area (Å²) < 4.78 is 28.1. The van der Waals surface area contributed by atoms with Gasteiger partial charge in [0, 0.05) is 22.4 Å². The van der Waals surface area contributed by atoms with E-state index in [2.05, 4.69) is 25.6 Å². The van der Waals surface area contributed by atoms with E-state index in [4.69, 9.17) is 0 Å². The third kappa shape index (κ3) is 3.65. The molecule has 1 aromatic carbocycles. The molecule has 1 aromatic heterocycles. The van der Waals surface area contributed by atoms with Crippen molar-refractivity contribution in [1.82, 2.24) is 9.71 Å². The summed E-state index contributed by atoms with van der Waals surface area (Å²) in [6.07, 6.45) is 1.37. The summed E-state index contributed by atoms with van der Waals surface area (Å²) in [7, 11) is -3.57. The molecule has 0 amide bonds. The van der Waals surface area contributed by atoms with Crippen molar-refractivity contribution in [1.29, 1.82) is 0 Å². The summed E-state index contributed by atoms with van der Waals surface area (Å²) >= 11 is 3.38. The maximum atomic E-state index is 12.2. The SMILES string of the molecule is Cc1ccc(S(=O)(=O)N[C@H](C)c2cccc(Br)c2)cn1. The molecular formula is C14H15BrN2O2S. The van der Waals surface area contributed by atoms with Crippen LogP contribution in [0.4, 0.5) is 0 Å². The smallest absolute Gasteiger partial charge is 0.242 e. The van der Waals surface area contributed by atoms with E-state index in [1.165, 1.54) is 6.20 Å². The van der Waals surface area contributed by atoms with Crippen molar-refractivity contribution in [3.63, 3.8) is 0 Å². The van der Waals surface area contributed by atoms with Gasteiger partial charge in [-0.05, 0) is 43.7 Å². The van der Waals surface area contributed by atoms with Crippen LogP contribution >= 0.6 is 15.9 Å². The molecule has 0 bridgehead atoms. The highest BCUT2D eigenvalue weighted by Crippen LogP contribution is 2.20. The fourth-order valence-corrected chi connectivity index (χ4v) is 3.35. The Morgan fingerprint density at radius 1 is 1.25 bits per heavy atom. The molecule has 20 heavy (non-hydrogen) atoms. The van der Waals surface area contributed by atoms with Gasteiger partial charge >= 0.3 is 0 Å². The molecule has 1 heterocycles. The Kier molecular flexibility index (Phi) is 4.57. The normalized spacial score (nSPS) is 13.2. The minimum Gasteiger partial charge on any atom is -0.260 e. The Labute approximate surface area is 127 Å². The monoisotopic (exact) mass is 354 g/mol. The highest BCUT2D eigenvalue weighted by molar-refractivity contribution is 9.10. The number of nitrogens with one attached hydrogen (secondary N) is 1. The van der Waals surface area contributed by atoms with Gasteiger partial charge in [0.25, 0.3) is 0 Å². The van der Waals surface area contributed by atoms with Crippen molar-refractivity contribution in [2.45, 2.75) is 24.8 Å². The van der Waals surface area contributed by atoms with E-state index < -0.39 is 10.0 Å². The maximum absolute atomic E-state index is 12.2. The lowest BCUT2D eigenvalue weighted by atomic mass is 10.1. The molecule has 0 aliphatic heterocycles. The van der Waals surface area contributed by atoms with Crippen molar-refractivity contribution in [3.05, 3.63) is 58.3 Å². The van der Waals surface area contributed by atoms with E-state index in [0.717, 1.165) is 15.7 Å². The molecule has 4 nitrogen and oxygen atoms in total. The Morgan fingerprint density at radius 3 is 2.60 bits per heavy atom. The fraction of sp³-hybridized carbons (Fsp3) is 0.214. The van der Waals surface area contributed by atoms with Crippen LogP contribution in [-0.4, -0.2) is 13.4 Å². The van der Waals surface area contributed by atoms with Gasteiger partial charge in [-0.3, -0.25) is 4.98 Å². The Morgan fingerprint density at radius 2 is 2.00 bits per heavy atom. The number of hydrogen-bond acceptors (Lipinski definition) is 3. The van der Waals surface area contributed by atoms with Crippen molar-refractivity contribution in [3.8, 4) is 0 Å². The van der Waals surface area contributed by atoms with Crippen LogP contribution < -0.4 is 4.72 Å². The van der Waals surface area contributed by atoms with Crippen LogP contribution in [0.5, 0.6) is 0 Å². The molecule has 0 radical (unpaired) electrons. The number of rotatable bonds is 4. The van der Waals surface area contributed by atoms with Gasteiger partial charge in [0.2, 0.25) is 10.0 Å². The standard InChI is InChI=1S/C14H15BrN2O2S/c1-10-6-7-14(9-16-10)20(18,19)17-11(2)12-4-3-5-13(15)8-12/h3-9,11,17H,1-2H3/t11-/m1/s1. The zero-order valence-corrected chi connectivity index (χ0v) is 13.6. The van der Waals surface area contributed by atoms with Gasteiger partial charge in [-0.1, -0.05) is 28.1 Å². The first-order valence-corrected chi connectivity index (χ1v) is 8.36. The van der Waals surface area contributed by atoms with E-state index in [1.807, 2.05) is 31.2 Å². The minimum absolute atomic E-state index is 0.171. The Hall–Kier alpha value is -1.24. The van der Waals surface area contributed by atoms with Crippen LogP contribution in [0.1, 0.15) is 24.2 Å². The molecule has 0 aliphatic carbocycles. The number of aryl methyl sites for hydroxylation is 1. The number of aromatic nitrogens is 1. The third-order valence-electron chi connectivity index (χ3n) is 2.88. The number of nitrogens with zero attached hydrogens (tertiary/aromatic N) is 1. The van der Waals surface area contributed by atoms with Gasteiger partial charge in [0.1, 0.15) is 4.90 Å². The molecule has 0 unspecified atom stereocenters. The molecule has 106 valence electrons. The molecule has 0 saturated carbocycles. The molecule has 2 rings (SSSR count). The molecule has 1 atom stereocenters. The van der Waals surface area contributed by atoms with Crippen molar-refractivity contribution < 1.29 is 8.42 Å². The molecule has 0 aliphatic rings. The van der Waals surface area contributed by atoms with Crippen LogP contribution in [0.2, 0.25) is 0 Å². The number of benzene rings is 1. The van der Waals surface area contributed by atoms with E-state index in [1.54, 1.807) is 19.1 Å². The quantitative estimate of drug-likeness (QED) is 0.916. The first-order valence-electron chi connectivity index (χ1n) is 6.09. The molecular weight excluding hydrogens is 340 g/mol. The second kappa shape index (κ2) is 6.03. The summed E-state index contributed by atoms with van der Waals surface area (Å²) in [6.45, 7) is 3.62. The van der Waals surface area contributed by atoms with Gasteiger partial charge in [0.05, 0.1) is 0 Å². The van der Waals surface area contributed by atoms with Gasteiger partial charge in [-0.15, -0.1) is 0 Å². The summed E-state index contributed by atoms with van der Waals surface area (Å²) in [5.74, 6) is 0. The molecule has 0 fully saturated rings. The second-order valence-corrected chi connectivity index (χ2v) is 7.16. The highest BCUT2D eigenvalue weighted by Gasteiger charge is 2.18. The van der Waals surface area contributed by atoms with Gasteiger partial charge in [-0.2, -0.15) is 0 Å². The lowest BCUT2D eigenvalue weighted by Gasteiger charge is -2.15. The largest absolute Gasteiger partial charge is 0.260 e. The zero-order chi connectivity index (χ0) is 14.8. The van der Waals surface area contributed by atoms with Gasteiger partial charge in [0.15, 0.2) is 0 Å². The van der Waals surface area contributed by atoms with E-state index in [9.17, 15) is 8.42 Å². The van der Waals surface area contributed by atoms with Crippen LogP contribution in [-0.2, 0) is 10.0 Å². The minimum atomic E-state index is -3.57. The van der Waals surface area contributed by atoms with Gasteiger partial charge < -0.3 is 0 Å². The van der Waals surface area contributed by atoms with Crippen molar-refractivity contribution in [2.75, 3.05) is 0 Å². The van der Waals surface area contributed by atoms with Gasteiger partial charge in [-0.25, -0.2) is 13.1 Å². The molecule has 2 aromatic rings. The third-order valence-corrected chi connectivity index (χ3v) is 4.89. The Bertz CT molecular complexity index is 699. The first-order chi connectivity index (χ1) is 9.38. The predicted octanol–water partition coefficient (Wildman–Crippen LogP) is 3.19. The average molecular weight is 355 g/mol. The maximum Gasteiger partial charge on any atom is 0.242 e. The topological polar surface area (TPSA) is 59.1 Å². The van der Waals surface area contributed by atoms with Crippen molar-refractivity contribution in [2.24, 2.45) is 0 Å². The van der Waals surface area contributed by atoms with E-state index >= 15 is 0 Å². The number of hydrogen-bond donors (Lipinski definition) is 1. The fourth-order valence-electron chi connectivity index (χ4n) is 1.76. The van der Waals surface area contributed by atoms with Crippen molar-refractivity contribution >= 4 is 26.0 Å². The second-order valence-electron chi connectivity index (χ2n) is 4.53. The van der Waals surface area contributed by atoms with Crippen LogP contribution in [0.25, 0.3) is 0 Å². The van der Waals surface area contributed by atoms with Crippen LogP contribution in [0.15, 0.2) is 52.0 Å². The first kappa shape index (κ1) is 15.2. The molecule has 0 spiro atoms. The van der Waals surface area contributed by atoms with Crippen LogP contribution in [0.3, 0.4) is 0 Å². The number of sulfonamides is 1. The average Bonchev–Trinajstić information content (AvgIpc) is 2.38. The number of halogens is 1. The molecule has 1 N–H and O–H groups in total. The summed E-state index contributed by atoms with van der Waals surface area (Å²) in [5.41, 5.74) is 1.67. The summed E-state index contributed by atoms with van der Waals surface area (Å²) in [6, 6.07) is 10.5. The lowest BCUT2D eigenvalue weighted by molar-refractivity contribution is 0.566. The molecule has 6 heteroatoms. The van der Waals surface area contributed by atoms with E-state index in [0.29, 0.717) is 0 Å². The summed E-state index contributed by atoms with van der Waals surface area (Å²) in [5, 5.41) is 0. The highest BCUT2D eigenvalue weighted by atomic mass is 79.9. The van der Waals surface area contributed by atoms with E-state index in [-0.39, 0.29) is 10.9 Å². The zero-order valence-electron chi connectivity index (χ0n) is 11.2. The van der Waals surface area contributed by atoms with Crippen LogP contribution in [0, 0.1) is 6.92 Å². The predicted molar refractivity (Wildman–Crippen MR) is 81.9 cm³/mol.